The van der Waals surface area contributed by atoms with E-state index in [9.17, 15) is 0 Å². The van der Waals surface area contributed by atoms with Crippen LogP contribution >= 0.6 is 11.3 Å². The summed E-state index contributed by atoms with van der Waals surface area (Å²) >= 11 is 1.60. The number of benzene rings is 2. The van der Waals surface area contributed by atoms with Crippen LogP contribution in [0.5, 0.6) is 0 Å². The van der Waals surface area contributed by atoms with Gasteiger partial charge in [-0.15, -0.1) is 11.3 Å². The highest BCUT2D eigenvalue weighted by molar-refractivity contribution is 7.15. The summed E-state index contributed by atoms with van der Waals surface area (Å²) in [5.74, 6) is 0. The molecule has 0 amide bonds. The first-order chi connectivity index (χ1) is 10.7. The number of aromatic nitrogens is 1. The quantitative estimate of drug-likeness (QED) is 0.760. The Balaban J connectivity index is 2.02. The van der Waals surface area contributed by atoms with E-state index in [4.69, 9.17) is 5.73 Å². The van der Waals surface area contributed by atoms with Gasteiger partial charge in [-0.1, -0.05) is 50.2 Å². The molecule has 1 heterocycles. The van der Waals surface area contributed by atoms with E-state index in [0.717, 1.165) is 30.9 Å². The minimum Gasteiger partial charge on any atom is -0.375 e. The number of nitrogen functional groups attached to an aromatic ring is 1. The molecule has 0 spiro atoms. The van der Waals surface area contributed by atoms with Crippen molar-refractivity contribution in [2.45, 2.75) is 20.4 Å². The van der Waals surface area contributed by atoms with E-state index in [1.54, 1.807) is 11.3 Å². The van der Waals surface area contributed by atoms with Crippen molar-refractivity contribution in [3.8, 4) is 11.3 Å². The van der Waals surface area contributed by atoms with Gasteiger partial charge >= 0.3 is 0 Å². The van der Waals surface area contributed by atoms with Gasteiger partial charge in [0, 0.05) is 17.0 Å². The third kappa shape index (κ3) is 2.98. The lowest BCUT2D eigenvalue weighted by Gasteiger charge is -2.17. The van der Waals surface area contributed by atoms with Crippen LogP contribution in [0.3, 0.4) is 0 Å². The average Bonchev–Trinajstić information content (AvgIpc) is 2.92. The van der Waals surface area contributed by atoms with Crippen LogP contribution in [0.15, 0.2) is 42.5 Å². The molecule has 0 radical (unpaired) electrons. The number of anilines is 1. The van der Waals surface area contributed by atoms with Gasteiger partial charge in [0.15, 0.2) is 5.13 Å². The first kappa shape index (κ1) is 15.0. The SMILES string of the molecule is CCN(CC)Cc1sc(N)nc1-c1ccc2ccccc2c1. The zero-order chi connectivity index (χ0) is 15.5. The van der Waals surface area contributed by atoms with Gasteiger partial charge < -0.3 is 5.73 Å². The lowest BCUT2D eigenvalue weighted by atomic mass is 10.0. The number of rotatable bonds is 5. The van der Waals surface area contributed by atoms with Gasteiger partial charge in [0.1, 0.15) is 0 Å². The van der Waals surface area contributed by atoms with Gasteiger partial charge in [0.25, 0.3) is 0 Å². The Morgan fingerprint density at radius 1 is 1.05 bits per heavy atom. The monoisotopic (exact) mass is 311 g/mol. The molecule has 2 N–H and O–H groups in total. The molecule has 0 bridgehead atoms. The fraction of sp³-hybridized carbons (Fsp3) is 0.278. The van der Waals surface area contributed by atoms with E-state index in [1.165, 1.54) is 15.6 Å². The minimum atomic E-state index is 0.644. The predicted molar refractivity (Wildman–Crippen MR) is 96.1 cm³/mol. The molecule has 1 aromatic heterocycles. The largest absolute Gasteiger partial charge is 0.375 e. The van der Waals surface area contributed by atoms with Gasteiger partial charge in [0.2, 0.25) is 0 Å². The maximum Gasteiger partial charge on any atom is 0.180 e. The van der Waals surface area contributed by atoms with Gasteiger partial charge in [-0.3, -0.25) is 4.90 Å². The lowest BCUT2D eigenvalue weighted by molar-refractivity contribution is 0.298. The van der Waals surface area contributed by atoms with Crippen molar-refractivity contribution in [2.75, 3.05) is 18.8 Å². The molecule has 0 saturated heterocycles. The Kier molecular flexibility index (Phi) is 4.41. The third-order valence-electron chi connectivity index (χ3n) is 4.00. The zero-order valence-electron chi connectivity index (χ0n) is 13.0. The van der Waals surface area contributed by atoms with E-state index >= 15 is 0 Å². The number of fused-ring (bicyclic) bond motifs is 1. The number of thiazole rings is 1. The fourth-order valence-corrected chi connectivity index (χ4v) is 3.59. The van der Waals surface area contributed by atoms with Crippen LogP contribution in [0.25, 0.3) is 22.0 Å². The molecule has 114 valence electrons. The van der Waals surface area contributed by atoms with Gasteiger partial charge in [0.05, 0.1) is 5.69 Å². The van der Waals surface area contributed by atoms with Crippen molar-refractivity contribution < 1.29 is 0 Å². The van der Waals surface area contributed by atoms with Crippen LogP contribution in [-0.4, -0.2) is 23.0 Å². The van der Waals surface area contributed by atoms with Crippen LogP contribution in [0.4, 0.5) is 5.13 Å². The van der Waals surface area contributed by atoms with Crippen molar-refractivity contribution >= 4 is 27.2 Å². The van der Waals surface area contributed by atoms with Crippen LogP contribution in [-0.2, 0) is 6.54 Å². The van der Waals surface area contributed by atoms with Crippen LogP contribution < -0.4 is 5.73 Å². The highest BCUT2D eigenvalue weighted by atomic mass is 32.1. The van der Waals surface area contributed by atoms with Crippen molar-refractivity contribution in [1.29, 1.82) is 0 Å². The number of hydrogen-bond donors (Lipinski definition) is 1. The minimum absolute atomic E-state index is 0.644. The highest BCUT2D eigenvalue weighted by Crippen LogP contribution is 2.32. The molecule has 22 heavy (non-hydrogen) atoms. The van der Waals surface area contributed by atoms with Crippen LogP contribution in [0.1, 0.15) is 18.7 Å². The summed E-state index contributed by atoms with van der Waals surface area (Å²) in [7, 11) is 0. The Morgan fingerprint density at radius 2 is 1.77 bits per heavy atom. The normalized spacial score (nSPS) is 11.4. The molecule has 0 aliphatic heterocycles. The maximum atomic E-state index is 5.98. The van der Waals surface area contributed by atoms with E-state index in [0.29, 0.717) is 5.13 Å². The second kappa shape index (κ2) is 6.46. The summed E-state index contributed by atoms with van der Waals surface area (Å²) < 4.78 is 0. The van der Waals surface area contributed by atoms with E-state index in [-0.39, 0.29) is 0 Å². The van der Waals surface area contributed by atoms with Crippen LogP contribution in [0.2, 0.25) is 0 Å². The summed E-state index contributed by atoms with van der Waals surface area (Å²) in [4.78, 5) is 8.21. The van der Waals surface area contributed by atoms with Gasteiger partial charge in [-0.25, -0.2) is 4.98 Å². The molecule has 3 nitrogen and oxygen atoms in total. The predicted octanol–water partition coefficient (Wildman–Crippen LogP) is 4.39. The third-order valence-corrected chi connectivity index (χ3v) is 4.87. The average molecular weight is 311 g/mol. The summed E-state index contributed by atoms with van der Waals surface area (Å²) in [6.45, 7) is 7.34. The number of nitrogens with zero attached hydrogens (tertiary/aromatic N) is 2. The van der Waals surface area contributed by atoms with E-state index in [1.807, 2.05) is 0 Å². The molecule has 0 unspecified atom stereocenters. The highest BCUT2D eigenvalue weighted by Gasteiger charge is 2.14. The molecule has 0 atom stereocenters. The molecular weight excluding hydrogens is 290 g/mol. The van der Waals surface area contributed by atoms with Crippen molar-refractivity contribution in [1.82, 2.24) is 9.88 Å². The summed E-state index contributed by atoms with van der Waals surface area (Å²) in [6, 6.07) is 14.9. The molecular formula is C18H21N3S. The summed E-state index contributed by atoms with van der Waals surface area (Å²) in [5.41, 5.74) is 8.15. The van der Waals surface area contributed by atoms with Crippen molar-refractivity contribution in [2.24, 2.45) is 0 Å². The molecule has 0 aliphatic rings. The Hall–Kier alpha value is -1.91. The lowest BCUT2D eigenvalue weighted by Crippen LogP contribution is -2.21. The summed E-state index contributed by atoms with van der Waals surface area (Å²) in [6.07, 6.45) is 0. The topological polar surface area (TPSA) is 42.1 Å². The molecule has 3 aromatic rings. The van der Waals surface area contributed by atoms with Gasteiger partial charge in [-0.2, -0.15) is 0 Å². The summed E-state index contributed by atoms with van der Waals surface area (Å²) in [5, 5.41) is 3.13. The first-order valence-corrected chi connectivity index (χ1v) is 8.49. The molecule has 0 aliphatic carbocycles. The second-order valence-electron chi connectivity index (χ2n) is 5.35. The Bertz CT molecular complexity index is 775. The smallest absolute Gasteiger partial charge is 0.180 e. The molecule has 4 heteroatoms. The molecule has 0 fully saturated rings. The Morgan fingerprint density at radius 3 is 2.50 bits per heavy atom. The van der Waals surface area contributed by atoms with E-state index < -0.39 is 0 Å². The second-order valence-corrected chi connectivity index (χ2v) is 6.46. The van der Waals surface area contributed by atoms with E-state index in [2.05, 4.69) is 66.2 Å². The maximum absolute atomic E-state index is 5.98. The molecule has 0 saturated carbocycles. The zero-order valence-corrected chi connectivity index (χ0v) is 13.9. The molecule has 3 rings (SSSR count). The number of hydrogen-bond acceptors (Lipinski definition) is 4. The first-order valence-electron chi connectivity index (χ1n) is 7.68. The standard InChI is InChI=1S/C18H21N3S/c1-3-21(4-2)12-16-17(20-18(19)22-16)15-10-9-13-7-5-6-8-14(13)11-15/h5-11H,3-4,12H2,1-2H3,(H2,19,20). The van der Waals surface area contributed by atoms with Gasteiger partial charge in [-0.05, 0) is 29.9 Å². The Labute approximate surface area is 135 Å². The fourth-order valence-electron chi connectivity index (χ4n) is 2.69. The molecule has 2 aromatic carbocycles. The number of nitrogens with two attached hydrogens (primary N) is 1. The van der Waals surface area contributed by atoms with Crippen molar-refractivity contribution in [3.05, 3.63) is 47.3 Å². The van der Waals surface area contributed by atoms with Crippen molar-refractivity contribution in [3.63, 3.8) is 0 Å². The van der Waals surface area contributed by atoms with Crippen LogP contribution in [0, 0.1) is 0 Å².